The standard InChI is InChI=1S/C12H15F3N2O3S/c1-2-4-20-11-7-9(6-10(8-11)17(18)19)16-3-5-21-12(13,14)15/h6-8,16H,2-5H2,1H3. The quantitative estimate of drug-likeness (QED) is 0.444. The lowest BCUT2D eigenvalue weighted by Gasteiger charge is -2.10. The molecule has 0 aliphatic heterocycles. The van der Waals surface area contributed by atoms with Crippen molar-refractivity contribution < 1.29 is 22.8 Å². The van der Waals surface area contributed by atoms with Gasteiger partial charge in [0.2, 0.25) is 0 Å². The molecule has 0 saturated carbocycles. The van der Waals surface area contributed by atoms with Gasteiger partial charge >= 0.3 is 5.51 Å². The van der Waals surface area contributed by atoms with Gasteiger partial charge in [0.05, 0.1) is 17.6 Å². The number of benzene rings is 1. The Morgan fingerprint density at radius 1 is 1.38 bits per heavy atom. The normalized spacial score (nSPS) is 11.2. The van der Waals surface area contributed by atoms with Crippen LogP contribution in [0.5, 0.6) is 5.75 Å². The Kier molecular flexibility index (Phi) is 6.60. The second-order valence-corrected chi connectivity index (χ2v) is 5.20. The number of alkyl halides is 3. The van der Waals surface area contributed by atoms with Crippen LogP contribution >= 0.6 is 11.8 Å². The van der Waals surface area contributed by atoms with Crippen molar-refractivity contribution in [2.45, 2.75) is 18.9 Å². The monoisotopic (exact) mass is 324 g/mol. The summed E-state index contributed by atoms with van der Waals surface area (Å²) in [6.45, 7) is 2.34. The van der Waals surface area contributed by atoms with E-state index in [1.54, 1.807) is 0 Å². The highest BCUT2D eigenvalue weighted by Gasteiger charge is 2.27. The van der Waals surface area contributed by atoms with Crippen LogP contribution in [0.3, 0.4) is 0 Å². The molecule has 0 bridgehead atoms. The smallest absolute Gasteiger partial charge is 0.441 e. The molecular weight excluding hydrogens is 309 g/mol. The number of hydrogen-bond acceptors (Lipinski definition) is 5. The van der Waals surface area contributed by atoms with E-state index >= 15 is 0 Å². The maximum atomic E-state index is 12.0. The number of nitrogens with zero attached hydrogens (tertiary/aromatic N) is 1. The minimum Gasteiger partial charge on any atom is -0.493 e. The second-order valence-electron chi connectivity index (χ2n) is 4.04. The molecule has 5 nitrogen and oxygen atoms in total. The van der Waals surface area contributed by atoms with Crippen LogP contribution in [0.4, 0.5) is 24.5 Å². The van der Waals surface area contributed by atoms with Crippen LogP contribution < -0.4 is 10.1 Å². The Morgan fingerprint density at radius 3 is 2.67 bits per heavy atom. The predicted octanol–water partition coefficient (Wildman–Crippen LogP) is 4.05. The summed E-state index contributed by atoms with van der Waals surface area (Å²) in [5.41, 5.74) is -4.09. The van der Waals surface area contributed by atoms with Crippen LogP contribution in [0.15, 0.2) is 18.2 Å². The van der Waals surface area contributed by atoms with Crippen molar-refractivity contribution in [2.24, 2.45) is 0 Å². The minimum absolute atomic E-state index is 0.0402. The van der Waals surface area contributed by atoms with Gasteiger partial charge in [0.1, 0.15) is 5.75 Å². The van der Waals surface area contributed by atoms with E-state index in [1.807, 2.05) is 6.92 Å². The summed E-state index contributed by atoms with van der Waals surface area (Å²) in [4.78, 5) is 10.2. The molecule has 0 fully saturated rings. The highest BCUT2D eigenvalue weighted by molar-refractivity contribution is 8.00. The van der Waals surface area contributed by atoms with Crippen LogP contribution in [0.2, 0.25) is 0 Å². The molecule has 0 aromatic heterocycles. The molecule has 0 amide bonds. The molecule has 0 aliphatic carbocycles. The van der Waals surface area contributed by atoms with Gasteiger partial charge in [0.15, 0.2) is 0 Å². The fraction of sp³-hybridized carbons (Fsp3) is 0.500. The average molecular weight is 324 g/mol. The van der Waals surface area contributed by atoms with Crippen LogP contribution in [0, 0.1) is 10.1 Å². The van der Waals surface area contributed by atoms with E-state index in [9.17, 15) is 23.3 Å². The number of nitro benzene ring substituents is 1. The van der Waals surface area contributed by atoms with E-state index in [-0.39, 0.29) is 29.7 Å². The van der Waals surface area contributed by atoms with Gasteiger partial charge in [-0.15, -0.1) is 0 Å². The summed E-state index contributed by atoms with van der Waals surface area (Å²) >= 11 is -0.146. The lowest BCUT2D eigenvalue weighted by atomic mass is 10.2. The first kappa shape index (κ1) is 17.4. The highest BCUT2D eigenvalue weighted by Crippen LogP contribution is 2.30. The molecule has 0 atom stereocenters. The van der Waals surface area contributed by atoms with Crippen LogP contribution in [-0.2, 0) is 0 Å². The van der Waals surface area contributed by atoms with Gasteiger partial charge in [0, 0.05) is 30.1 Å². The lowest BCUT2D eigenvalue weighted by Crippen LogP contribution is -2.09. The molecule has 9 heteroatoms. The first-order valence-corrected chi connectivity index (χ1v) is 7.17. The summed E-state index contributed by atoms with van der Waals surface area (Å²) < 4.78 is 41.3. The van der Waals surface area contributed by atoms with E-state index < -0.39 is 10.4 Å². The molecule has 1 aromatic carbocycles. The third kappa shape index (κ3) is 7.07. The summed E-state index contributed by atoms with van der Waals surface area (Å²) in [7, 11) is 0. The Balaban J connectivity index is 2.67. The zero-order chi connectivity index (χ0) is 15.9. The number of halogens is 3. The first-order chi connectivity index (χ1) is 9.81. The number of hydrogen-bond donors (Lipinski definition) is 1. The van der Waals surface area contributed by atoms with E-state index in [0.717, 1.165) is 6.42 Å². The third-order valence-corrected chi connectivity index (χ3v) is 3.01. The number of ether oxygens (including phenoxy) is 1. The van der Waals surface area contributed by atoms with Gasteiger partial charge in [-0.3, -0.25) is 10.1 Å². The molecule has 1 rings (SSSR count). The molecule has 1 N–H and O–H groups in total. The molecule has 0 radical (unpaired) electrons. The lowest BCUT2D eigenvalue weighted by molar-refractivity contribution is -0.384. The van der Waals surface area contributed by atoms with E-state index in [1.165, 1.54) is 18.2 Å². The zero-order valence-corrected chi connectivity index (χ0v) is 12.1. The van der Waals surface area contributed by atoms with Gasteiger partial charge in [-0.05, 0) is 18.2 Å². The van der Waals surface area contributed by atoms with Crippen molar-refractivity contribution in [1.82, 2.24) is 0 Å². The average Bonchev–Trinajstić information content (AvgIpc) is 2.40. The van der Waals surface area contributed by atoms with Crippen molar-refractivity contribution in [1.29, 1.82) is 0 Å². The van der Waals surface area contributed by atoms with Gasteiger partial charge in [-0.2, -0.15) is 13.2 Å². The number of thioether (sulfide) groups is 1. The van der Waals surface area contributed by atoms with Gasteiger partial charge in [-0.25, -0.2) is 0 Å². The Labute approximate surface area is 124 Å². The fourth-order valence-corrected chi connectivity index (χ4v) is 1.89. The van der Waals surface area contributed by atoms with E-state index in [0.29, 0.717) is 18.0 Å². The molecule has 21 heavy (non-hydrogen) atoms. The molecule has 118 valence electrons. The largest absolute Gasteiger partial charge is 0.493 e. The number of nitrogens with one attached hydrogen (secondary N) is 1. The molecule has 0 aliphatic rings. The fourth-order valence-electron chi connectivity index (χ4n) is 1.46. The topological polar surface area (TPSA) is 64.4 Å². The van der Waals surface area contributed by atoms with Crippen LogP contribution in [0.1, 0.15) is 13.3 Å². The number of rotatable bonds is 8. The maximum absolute atomic E-state index is 12.0. The van der Waals surface area contributed by atoms with Gasteiger partial charge in [0.25, 0.3) is 5.69 Å². The number of non-ortho nitro benzene ring substituents is 1. The molecule has 0 spiro atoms. The van der Waals surface area contributed by atoms with Crippen molar-refractivity contribution in [2.75, 3.05) is 24.2 Å². The van der Waals surface area contributed by atoms with Crippen LogP contribution in [0.25, 0.3) is 0 Å². The molecule has 0 unspecified atom stereocenters. The maximum Gasteiger partial charge on any atom is 0.441 e. The predicted molar refractivity (Wildman–Crippen MR) is 75.9 cm³/mol. The number of nitro groups is 1. The molecule has 1 aromatic rings. The van der Waals surface area contributed by atoms with E-state index in [4.69, 9.17) is 4.74 Å². The Morgan fingerprint density at radius 2 is 2.10 bits per heavy atom. The van der Waals surface area contributed by atoms with Crippen molar-refractivity contribution in [3.05, 3.63) is 28.3 Å². The van der Waals surface area contributed by atoms with Gasteiger partial charge < -0.3 is 10.1 Å². The zero-order valence-electron chi connectivity index (χ0n) is 11.3. The molecule has 0 saturated heterocycles. The second kappa shape index (κ2) is 7.96. The molecular formula is C12H15F3N2O3S. The van der Waals surface area contributed by atoms with Crippen molar-refractivity contribution in [3.8, 4) is 5.75 Å². The summed E-state index contributed by atoms with van der Waals surface area (Å²) in [5, 5.41) is 13.5. The minimum atomic E-state index is -4.28. The molecule has 0 heterocycles. The Bertz CT molecular complexity index is 483. The Hall–Kier alpha value is -1.64. The van der Waals surface area contributed by atoms with Crippen molar-refractivity contribution >= 4 is 23.1 Å². The SMILES string of the molecule is CCCOc1cc(NCCSC(F)(F)F)cc([N+](=O)[O-])c1. The number of anilines is 1. The highest BCUT2D eigenvalue weighted by atomic mass is 32.2. The first-order valence-electron chi connectivity index (χ1n) is 6.18. The van der Waals surface area contributed by atoms with Gasteiger partial charge in [-0.1, -0.05) is 6.92 Å². The summed E-state index contributed by atoms with van der Waals surface area (Å²) in [6.07, 6.45) is 0.744. The third-order valence-electron chi connectivity index (χ3n) is 2.27. The summed E-state index contributed by atoms with van der Waals surface area (Å²) in [6, 6.07) is 4.07. The van der Waals surface area contributed by atoms with Crippen LogP contribution in [-0.4, -0.2) is 29.3 Å². The van der Waals surface area contributed by atoms with Crippen molar-refractivity contribution in [3.63, 3.8) is 0 Å². The summed E-state index contributed by atoms with van der Waals surface area (Å²) in [5.74, 6) is 0.133. The van der Waals surface area contributed by atoms with E-state index in [2.05, 4.69) is 5.32 Å².